The topological polar surface area (TPSA) is 115 Å². The van der Waals surface area contributed by atoms with Gasteiger partial charge in [0.15, 0.2) is 5.60 Å². The number of nitriles is 1. The van der Waals surface area contributed by atoms with E-state index in [1.807, 2.05) is 0 Å². The Kier molecular flexibility index (Phi) is 6.56. The average molecular weight is 496 g/mol. The van der Waals surface area contributed by atoms with Crippen molar-refractivity contribution >= 4 is 29.0 Å². The number of nitrogens with one attached hydrogen (secondary N) is 3. The van der Waals surface area contributed by atoms with Crippen molar-refractivity contribution in [2.75, 3.05) is 28.8 Å². The van der Waals surface area contributed by atoms with E-state index in [1.165, 1.54) is 11.1 Å². The lowest BCUT2D eigenvalue weighted by atomic mass is 9.79. The molecule has 3 N–H and O–H groups in total. The molecule has 4 rings (SSSR count). The van der Waals surface area contributed by atoms with Gasteiger partial charge in [-0.05, 0) is 66.5 Å². The molecule has 1 fully saturated rings. The zero-order chi connectivity index (χ0) is 26.3. The lowest BCUT2D eigenvalue weighted by Crippen LogP contribution is -2.60. The molecule has 0 spiro atoms. The third-order valence-corrected chi connectivity index (χ3v) is 6.38. The normalized spacial score (nSPS) is 20.2. The Bertz CT molecular complexity index is 1190. The van der Waals surface area contributed by atoms with Crippen LogP contribution in [0.15, 0.2) is 24.4 Å². The molecule has 0 bridgehead atoms. The molecule has 36 heavy (non-hydrogen) atoms. The number of fused-ring (bicyclic) bond motifs is 1. The predicted molar refractivity (Wildman–Crippen MR) is 137 cm³/mol. The Morgan fingerprint density at radius 3 is 2.56 bits per heavy atom. The van der Waals surface area contributed by atoms with Crippen LogP contribution in [0.1, 0.15) is 59.9 Å². The van der Waals surface area contributed by atoms with Crippen LogP contribution in [-0.2, 0) is 4.79 Å². The number of hydrogen-bond acceptors (Lipinski definition) is 8. The maximum Gasteiger partial charge on any atom is 0.270 e. The van der Waals surface area contributed by atoms with Crippen molar-refractivity contribution in [3.63, 3.8) is 0 Å². The Morgan fingerprint density at radius 2 is 1.92 bits per heavy atom. The molecule has 0 atom stereocenters. The van der Waals surface area contributed by atoms with Crippen molar-refractivity contribution in [2.45, 2.75) is 77.1 Å². The number of carbonyl (C=O) groups excluding carboxylic acids is 1. The number of anilines is 4. The quantitative estimate of drug-likeness (QED) is 0.544. The monoisotopic (exact) mass is 495 g/mol. The molecule has 0 aliphatic carbocycles. The average Bonchev–Trinajstić information content (AvgIpc) is 2.75. The number of carbonyl (C=O) groups is 1. The number of rotatable bonds is 6. The van der Waals surface area contributed by atoms with E-state index in [0.29, 0.717) is 34.5 Å². The van der Waals surface area contributed by atoms with Gasteiger partial charge in [-0.2, -0.15) is 10.2 Å². The highest BCUT2D eigenvalue weighted by Gasteiger charge is 2.41. The molecule has 2 aromatic rings. The molecule has 1 aromatic carbocycles. The number of aromatic nitrogens is 2. The first-order valence-corrected chi connectivity index (χ1v) is 12.1. The number of hydrogen-bond donors (Lipinski definition) is 3. The second-order valence-corrected chi connectivity index (χ2v) is 11.3. The van der Waals surface area contributed by atoms with Crippen LogP contribution in [-0.4, -0.2) is 51.8 Å². The molecule has 192 valence electrons. The zero-order valence-electron chi connectivity index (χ0n) is 21.7. The van der Waals surface area contributed by atoms with Crippen LogP contribution in [0, 0.1) is 11.3 Å². The summed E-state index contributed by atoms with van der Waals surface area (Å²) in [5, 5.41) is 19.9. The third-order valence-electron chi connectivity index (χ3n) is 6.38. The van der Waals surface area contributed by atoms with E-state index in [-0.39, 0.29) is 29.6 Å². The second kappa shape index (κ2) is 9.21. The van der Waals surface area contributed by atoms with Crippen molar-refractivity contribution in [3.05, 3.63) is 30.0 Å². The second-order valence-electron chi connectivity index (χ2n) is 11.3. The fraction of sp³-hybridized carbons (Fsp3) is 0.538. The molecule has 1 aromatic heterocycles. The Labute approximate surface area is 211 Å². The van der Waals surface area contributed by atoms with Crippen LogP contribution in [0.25, 0.3) is 0 Å². The minimum absolute atomic E-state index is 0.0382. The summed E-state index contributed by atoms with van der Waals surface area (Å²) in [6, 6.07) is 7.50. The maximum atomic E-state index is 13.1. The first kappa shape index (κ1) is 25.6. The van der Waals surface area contributed by atoms with E-state index < -0.39 is 12.3 Å². The maximum absolute atomic E-state index is 13.1. The van der Waals surface area contributed by atoms with Crippen LogP contribution in [0.4, 0.5) is 27.5 Å². The molecule has 0 unspecified atom stereocenters. The fourth-order valence-corrected chi connectivity index (χ4v) is 5.34. The molecule has 2 aliphatic heterocycles. The molecule has 10 heteroatoms. The molecular formula is C26H34FN7O2. The first-order valence-electron chi connectivity index (χ1n) is 12.1. The van der Waals surface area contributed by atoms with Crippen LogP contribution in [0.5, 0.6) is 5.75 Å². The number of halogens is 1. The standard InChI is InChI=1S/C26H34FN7O2/c1-24(2)12-18(13-25(3,4)33-24)30-21-16(14-28)15-29-23(32-21)31-17-7-8-19-20(11-17)36-26(5,6)22(35)34(19)10-9-27/h7-8,11,15,18,33H,9-10,12-13H2,1-6H3,(H2,29,30,31,32). The number of ether oxygens (including phenoxy) is 1. The lowest BCUT2D eigenvalue weighted by Gasteiger charge is -2.46. The minimum Gasteiger partial charge on any atom is -0.476 e. The molecular weight excluding hydrogens is 461 g/mol. The van der Waals surface area contributed by atoms with Crippen LogP contribution in [0.3, 0.4) is 0 Å². The number of benzene rings is 1. The van der Waals surface area contributed by atoms with E-state index in [2.05, 4.69) is 59.7 Å². The fourth-order valence-electron chi connectivity index (χ4n) is 5.34. The number of piperidine rings is 1. The van der Waals surface area contributed by atoms with Crippen LogP contribution in [0.2, 0.25) is 0 Å². The highest BCUT2D eigenvalue weighted by molar-refractivity contribution is 6.02. The summed E-state index contributed by atoms with van der Waals surface area (Å²) in [7, 11) is 0. The van der Waals surface area contributed by atoms with E-state index in [0.717, 1.165) is 12.8 Å². The zero-order valence-corrected chi connectivity index (χ0v) is 21.7. The first-order chi connectivity index (χ1) is 16.8. The van der Waals surface area contributed by atoms with Gasteiger partial charge in [-0.1, -0.05) is 0 Å². The third kappa shape index (κ3) is 5.36. The minimum atomic E-state index is -1.11. The molecule has 3 heterocycles. The molecule has 1 amide bonds. The Morgan fingerprint density at radius 1 is 1.22 bits per heavy atom. The molecule has 2 aliphatic rings. The molecule has 9 nitrogen and oxygen atoms in total. The van der Waals surface area contributed by atoms with E-state index >= 15 is 0 Å². The van der Waals surface area contributed by atoms with Gasteiger partial charge in [-0.25, -0.2) is 9.37 Å². The predicted octanol–water partition coefficient (Wildman–Crippen LogP) is 4.29. The van der Waals surface area contributed by atoms with Gasteiger partial charge in [0.25, 0.3) is 5.91 Å². The van der Waals surface area contributed by atoms with Gasteiger partial charge in [-0.15, -0.1) is 0 Å². The summed E-state index contributed by atoms with van der Waals surface area (Å²) in [6.45, 7) is 11.3. The summed E-state index contributed by atoms with van der Waals surface area (Å²) >= 11 is 0. The van der Waals surface area contributed by atoms with Crippen molar-refractivity contribution in [1.82, 2.24) is 15.3 Å². The summed E-state index contributed by atoms with van der Waals surface area (Å²) < 4.78 is 19.1. The van der Waals surface area contributed by atoms with Crippen molar-refractivity contribution in [1.29, 1.82) is 5.26 Å². The summed E-state index contributed by atoms with van der Waals surface area (Å²) in [4.78, 5) is 23.0. The van der Waals surface area contributed by atoms with Gasteiger partial charge in [0, 0.05) is 28.9 Å². The summed E-state index contributed by atoms with van der Waals surface area (Å²) in [5.74, 6) is 0.965. The summed E-state index contributed by atoms with van der Waals surface area (Å²) in [6.07, 6.45) is 3.24. The number of amides is 1. The molecule has 0 radical (unpaired) electrons. The van der Waals surface area contributed by atoms with Gasteiger partial charge in [0.2, 0.25) is 5.95 Å². The SMILES string of the molecule is CC1(C)CC(Nc2nc(Nc3ccc4c(c3)OC(C)(C)C(=O)N4CCF)ncc2C#N)CC(C)(C)N1. The van der Waals surface area contributed by atoms with Crippen LogP contribution < -0.4 is 25.6 Å². The Balaban J connectivity index is 1.58. The van der Waals surface area contributed by atoms with Gasteiger partial charge in [0.1, 0.15) is 29.9 Å². The van der Waals surface area contributed by atoms with Crippen molar-refractivity contribution in [3.8, 4) is 11.8 Å². The van der Waals surface area contributed by atoms with E-state index in [9.17, 15) is 14.4 Å². The molecule has 0 saturated carbocycles. The highest BCUT2D eigenvalue weighted by Crippen LogP contribution is 2.40. The van der Waals surface area contributed by atoms with Gasteiger partial charge >= 0.3 is 0 Å². The van der Waals surface area contributed by atoms with Gasteiger partial charge < -0.3 is 25.6 Å². The highest BCUT2D eigenvalue weighted by atomic mass is 19.1. The van der Waals surface area contributed by atoms with Gasteiger partial charge in [-0.3, -0.25) is 4.79 Å². The van der Waals surface area contributed by atoms with Crippen molar-refractivity contribution < 1.29 is 13.9 Å². The van der Waals surface area contributed by atoms with Gasteiger partial charge in [0.05, 0.1) is 18.4 Å². The van der Waals surface area contributed by atoms with Crippen LogP contribution >= 0.6 is 0 Å². The number of nitrogens with zero attached hydrogens (tertiary/aromatic N) is 4. The van der Waals surface area contributed by atoms with E-state index in [4.69, 9.17) is 4.74 Å². The van der Waals surface area contributed by atoms with E-state index in [1.54, 1.807) is 32.0 Å². The number of alkyl halides is 1. The lowest BCUT2D eigenvalue weighted by molar-refractivity contribution is -0.132. The smallest absolute Gasteiger partial charge is 0.270 e. The summed E-state index contributed by atoms with van der Waals surface area (Å²) in [5.41, 5.74) is 0.286. The largest absolute Gasteiger partial charge is 0.476 e. The Hall–Kier alpha value is -3.45. The molecule has 1 saturated heterocycles. The van der Waals surface area contributed by atoms with Crippen molar-refractivity contribution in [2.24, 2.45) is 0 Å².